The Labute approximate surface area is 133 Å². The van der Waals surface area contributed by atoms with Gasteiger partial charge in [-0.2, -0.15) is 5.10 Å². The molecule has 0 unspecified atom stereocenters. The molecule has 1 fully saturated rings. The van der Waals surface area contributed by atoms with E-state index >= 15 is 0 Å². The summed E-state index contributed by atoms with van der Waals surface area (Å²) < 4.78 is 1.89. The Kier molecular flexibility index (Phi) is 5.27. The molecule has 1 aromatic heterocycles. The van der Waals surface area contributed by atoms with Gasteiger partial charge in [-0.1, -0.05) is 6.42 Å². The van der Waals surface area contributed by atoms with Crippen molar-refractivity contribution in [3.8, 4) is 0 Å². The molecule has 124 valence electrons. The first-order valence-electron chi connectivity index (χ1n) is 8.27. The first kappa shape index (κ1) is 17.0. The second kappa shape index (κ2) is 6.82. The number of nitrogens with zero attached hydrogens (tertiary/aromatic N) is 2. The first-order valence-corrected chi connectivity index (χ1v) is 8.27. The van der Waals surface area contributed by atoms with Gasteiger partial charge in [0, 0.05) is 18.8 Å². The fraction of sp³-hybridized carbons (Fsp3) is 0.765. The number of carbonyl (C=O) groups is 1. The zero-order valence-corrected chi connectivity index (χ0v) is 14.2. The van der Waals surface area contributed by atoms with E-state index in [0.717, 1.165) is 31.4 Å². The maximum absolute atomic E-state index is 12.4. The molecule has 0 bridgehead atoms. The predicted octanol–water partition coefficient (Wildman–Crippen LogP) is 2.48. The van der Waals surface area contributed by atoms with Crippen molar-refractivity contribution < 1.29 is 9.90 Å². The second-order valence-electron chi connectivity index (χ2n) is 7.52. The zero-order chi connectivity index (χ0) is 16.3. The molecule has 1 aliphatic carbocycles. The van der Waals surface area contributed by atoms with E-state index in [0.29, 0.717) is 23.9 Å². The molecule has 0 spiro atoms. The van der Waals surface area contributed by atoms with Crippen LogP contribution in [0.25, 0.3) is 0 Å². The van der Waals surface area contributed by atoms with E-state index in [1.54, 1.807) is 6.20 Å². The lowest BCUT2D eigenvalue weighted by Gasteiger charge is -2.28. The van der Waals surface area contributed by atoms with Crippen molar-refractivity contribution in [3.63, 3.8) is 0 Å². The van der Waals surface area contributed by atoms with E-state index in [4.69, 9.17) is 0 Å². The Bertz CT molecular complexity index is 516. The van der Waals surface area contributed by atoms with Crippen molar-refractivity contribution in [3.05, 3.63) is 17.5 Å². The monoisotopic (exact) mass is 307 g/mol. The smallest absolute Gasteiger partial charge is 0.254 e. The summed E-state index contributed by atoms with van der Waals surface area (Å²) in [6.45, 7) is 9.12. The molecule has 0 aliphatic heterocycles. The Balaban J connectivity index is 1.94. The van der Waals surface area contributed by atoms with Crippen LogP contribution < -0.4 is 5.32 Å². The summed E-state index contributed by atoms with van der Waals surface area (Å²) in [4.78, 5) is 12.4. The van der Waals surface area contributed by atoms with E-state index < -0.39 is 0 Å². The van der Waals surface area contributed by atoms with E-state index in [2.05, 4.69) is 31.2 Å². The van der Waals surface area contributed by atoms with Gasteiger partial charge in [0.1, 0.15) is 0 Å². The fourth-order valence-corrected chi connectivity index (χ4v) is 3.39. The number of aromatic nitrogens is 2. The molecule has 2 atom stereocenters. The topological polar surface area (TPSA) is 67.2 Å². The van der Waals surface area contributed by atoms with Crippen LogP contribution in [0.1, 0.15) is 62.5 Å². The highest BCUT2D eigenvalue weighted by atomic mass is 16.3. The maximum atomic E-state index is 12.4. The average molecular weight is 307 g/mol. The summed E-state index contributed by atoms with van der Waals surface area (Å²) in [7, 11) is 0. The average Bonchev–Trinajstić information content (AvgIpc) is 2.87. The van der Waals surface area contributed by atoms with Gasteiger partial charge in [0.05, 0.1) is 17.3 Å². The molecule has 5 nitrogen and oxygen atoms in total. The summed E-state index contributed by atoms with van der Waals surface area (Å²) in [6.07, 6.45) is 6.06. The van der Waals surface area contributed by atoms with Crippen LogP contribution in [0.2, 0.25) is 0 Å². The van der Waals surface area contributed by atoms with Crippen LogP contribution in [0.15, 0.2) is 6.20 Å². The number of amides is 1. The van der Waals surface area contributed by atoms with Gasteiger partial charge in [0.2, 0.25) is 0 Å². The number of nitrogens with one attached hydrogen (secondary N) is 1. The van der Waals surface area contributed by atoms with Crippen molar-refractivity contribution in [2.75, 3.05) is 13.2 Å². The van der Waals surface area contributed by atoms with Crippen LogP contribution in [-0.2, 0) is 5.54 Å². The van der Waals surface area contributed by atoms with Crippen molar-refractivity contribution >= 4 is 5.91 Å². The summed E-state index contributed by atoms with van der Waals surface area (Å²) in [5.74, 6) is 0.841. The minimum Gasteiger partial charge on any atom is -0.396 e. The number of rotatable bonds is 4. The molecule has 2 N–H and O–H groups in total. The highest BCUT2D eigenvalue weighted by molar-refractivity contribution is 5.95. The highest BCUT2D eigenvalue weighted by Crippen LogP contribution is 2.28. The Morgan fingerprint density at radius 2 is 2.09 bits per heavy atom. The van der Waals surface area contributed by atoms with E-state index in [1.165, 1.54) is 0 Å². The molecule has 1 aliphatic rings. The molecule has 0 saturated heterocycles. The standard InChI is InChI=1S/C17H29N3O2/c1-12-15(10-19-20(12)17(2,3)4)16(22)18-9-13-6-5-7-14(8-13)11-21/h10,13-14,21H,5-9,11H2,1-4H3,(H,18,22)/t13-,14+/m0/s1. The van der Waals surface area contributed by atoms with Gasteiger partial charge in [0.15, 0.2) is 0 Å². The summed E-state index contributed by atoms with van der Waals surface area (Å²) in [6, 6.07) is 0. The molecule has 0 aromatic carbocycles. The van der Waals surface area contributed by atoms with E-state index in [9.17, 15) is 9.90 Å². The highest BCUT2D eigenvalue weighted by Gasteiger charge is 2.24. The maximum Gasteiger partial charge on any atom is 0.254 e. The molecular formula is C17H29N3O2. The van der Waals surface area contributed by atoms with Crippen molar-refractivity contribution in [2.24, 2.45) is 11.8 Å². The van der Waals surface area contributed by atoms with Crippen molar-refractivity contribution in [1.29, 1.82) is 0 Å². The number of carbonyl (C=O) groups excluding carboxylic acids is 1. The lowest BCUT2D eigenvalue weighted by molar-refractivity contribution is 0.0933. The van der Waals surface area contributed by atoms with Crippen LogP contribution in [0.4, 0.5) is 0 Å². The molecule has 2 rings (SSSR count). The van der Waals surface area contributed by atoms with Crippen LogP contribution in [0, 0.1) is 18.8 Å². The minimum atomic E-state index is -0.125. The minimum absolute atomic E-state index is 0.0425. The molecule has 0 radical (unpaired) electrons. The van der Waals surface area contributed by atoms with Gasteiger partial charge < -0.3 is 10.4 Å². The van der Waals surface area contributed by atoms with Gasteiger partial charge in [-0.15, -0.1) is 0 Å². The Morgan fingerprint density at radius 1 is 1.41 bits per heavy atom. The zero-order valence-electron chi connectivity index (χ0n) is 14.2. The molecule has 1 heterocycles. The van der Waals surface area contributed by atoms with Gasteiger partial charge >= 0.3 is 0 Å². The first-order chi connectivity index (χ1) is 10.3. The largest absolute Gasteiger partial charge is 0.396 e. The third-order valence-electron chi connectivity index (χ3n) is 4.59. The molecular weight excluding hydrogens is 278 g/mol. The quantitative estimate of drug-likeness (QED) is 0.898. The second-order valence-corrected chi connectivity index (χ2v) is 7.52. The molecule has 1 saturated carbocycles. The number of hydrogen-bond acceptors (Lipinski definition) is 3. The van der Waals surface area contributed by atoms with Gasteiger partial charge in [-0.3, -0.25) is 9.48 Å². The molecule has 22 heavy (non-hydrogen) atoms. The van der Waals surface area contributed by atoms with Crippen molar-refractivity contribution in [1.82, 2.24) is 15.1 Å². The molecule has 5 heteroatoms. The third-order valence-corrected chi connectivity index (χ3v) is 4.59. The number of aliphatic hydroxyl groups excluding tert-OH is 1. The lowest BCUT2D eigenvalue weighted by atomic mass is 9.82. The van der Waals surface area contributed by atoms with Crippen LogP contribution in [0.5, 0.6) is 0 Å². The van der Waals surface area contributed by atoms with Crippen LogP contribution in [0.3, 0.4) is 0 Å². The lowest BCUT2D eigenvalue weighted by Crippen LogP contribution is -2.33. The van der Waals surface area contributed by atoms with E-state index in [1.807, 2.05) is 11.6 Å². The third kappa shape index (κ3) is 3.88. The molecule has 1 aromatic rings. The van der Waals surface area contributed by atoms with Gasteiger partial charge in [0.25, 0.3) is 5.91 Å². The summed E-state index contributed by atoms with van der Waals surface area (Å²) >= 11 is 0. The Morgan fingerprint density at radius 3 is 2.68 bits per heavy atom. The normalized spacial score (nSPS) is 22.6. The van der Waals surface area contributed by atoms with Crippen molar-refractivity contribution in [2.45, 2.75) is 58.9 Å². The van der Waals surface area contributed by atoms with Gasteiger partial charge in [-0.25, -0.2) is 0 Å². The molecule has 1 amide bonds. The fourth-order valence-electron chi connectivity index (χ4n) is 3.39. The van der Waals surface area contributed by atoms with E-state index in [-0.39, 0.29) is 18.1 Å². The number of hydrogen-bond donors (Lipinski definition) is 2. The summed E-state index contributed by atoms with van der Waals surface area (Å²) in [5, 5.41) is 16.7. The van der Waals surface area contributed by atoms with Gasteiger partial charge in [-0.05, 0) is 58.8 Å². The Hall–Kier alpha value is -1.36. The number of aliphatic hydroxyl groups is 1. The van der Waals surface area contributed by atoms with Crippen LogP contribution >= 0.6 is 0 Å². The summed E-state index contributed by atoms with van der Waals surface area (Å²) in [5.41, 5.74) is 1.44. The SMILES string of the molecule is Cc1c(C(=O)NC[C@H]2CCC[C@@H](CO)C2)cnn1C(C)(C)C. The van der Waals surface area contributed by atoms with Crippen LogP contribution in [-0.4, -0.2) is 33.9 Å². The predicted molar refractivity (Wildman–Crippen MR) is 86.8 cm³/mol.